The Balaban J connectivity index is 1.41. The van der Waals surface area contributed by atoms with Gasteiger partial charge in [0, 0.05) is 22.3 Å². The summed E-state index contributed by atoms with van der Waals surface area (Å²) in [4.78, 5) is 32.9. The summed E-state index contributed by atoms with van der Waals surface area (Å²) in [5.41, 5.74) is 4.44. The Labute approximate surface area is 390 Å². The number of phenols is 1. The van der Waals surface area contributed by atoms with Gasteiger partial charge >= 0.3 is 0 Å². The average molecular weight is 943 g/mol. The molecule has 3 N–H and O–H groups in total. The summed E-state index contributed by atoms with van der Waals surface area (Å²) in [6.45, 7) is 8.23. The number of carbonyl (C=O) groups excluding carboxylic acids is 2. The molecule has 338 valence electrons. The first-order chi connectivity index (χ1) is 30.1. The van der Waals surface area contributed by atoms with Gasteiger partial charge in [-0.2, -0.15) is 10.2 Å². The summed E-state index contributed by atoms with van der Waals surface area (Å²) in [7, 11) is 3.01. The smallest absolute Gasteiger partial charge is 0.280 e. The van der Waals surface area contributed by atoms with Crippen LogP contribution < -0.4 is 30.0 Å². The van der Waals surface area contributed by atoms with Gasteiger partial charge in [0.25, 0.3) is 11.8 Å². The lowest BCUT2D eigenvalue weighted by Crippen LogP contribution is -2.36. The van der Waals surface area contributed by atoms with Crippen molar-refractivity contribution in [3.8, 4) is 23.0 Å². The fourth-order valence-electron chi connectivity index (χ4n) is 7.03. The molecule has 5 rings (SSSR count). The molecule has 0 radical (unpaired) electrons. The van der Waals surface area contributed by atoms with E-state index < -0.39 is 18.1 Å². The second kappa shape index (κ2) is 23.3. The molecule has 4 aromatic carbocycles. The standard InChI is InChI=1S/C47H56Cl4N6O6/c1-7-8-9-10-11-12-13-14-15-16-17-40(63-32-20-22-38(58)33(28-32)47(2,3)4)45(59)52-30-18-21-34(49)37(26-30)53-44-42(55-54-31-19-23-39(61-5)41(27-31)62-6)46(60)57(56-44)43-35(50)24-29(48)25-36(43)51/h18-28,40,42,58H,7-17H2,1-6H3,(H,52,59)(H,53,56). The number of phenolic OH excluding ortho intramolecular Hbond substituents is 1. The molecule has 1 aliphatic heterocycles. The van der Waals surface area contributed by atoms with Crippen LogP contribution in [-0.2, 0) is 15.0 Å². The van der Waals surface area contributed by atoms with Crippen molar-refractivity contribution >= 4 is 86.8 Å². The SMILES string of the molecule is CCCCCCCCCCCCC(Oc1ccc(O)c(C(C)(C)C)c1)C(=O)Nc1ccc(Cl)c(N=C2NN(c3c(Cl)cc(Cl)cc3Cl)C(=O)C2N=Nc2ccc(OC)c(OC)c2)c1. The zero-order valence-corrected chi connectivity index (χ0v) is 39.6. The maximum absolute atomic E-state index is 14.1. The molecular formula is C47H56Cl4N6O6. The number of unbranched alkanes of at least 4 members (excludes halogenated alkanes) is 9. The van der Waals surface area contributed by atoms with E-state index in [2.05, 4.69) is 27.9 Å². The molecule has 12 nitrogen and oxygen atoms in total. The number of amides is 2. The van der Waals surface area contributed by atoms with Crippen molar-refractivity contribution in [3.63, 3.8) is 0 Å². The Morgan fingerprint density at radius 3 is 2.11 bits per heavy atom. The van der Waals surface area contributed by atoms with Gasteiger partial charge in [-0.25, -0.2) is 10.0 Å². The molecule has 0 bridgehead atoms. The number of nitrogens with one attached hydrogen (secondary N) is 2. The summed E-state index contributed by atoms with van der Waals surface area (Å²) in [6.07, 6.45) is 11.2. The van der Waals surface area contributed by atoms with Crippen LogP contribution in [0.1, 0.15) is 104 Å². The minimum Gasteiger partial charge on any atom is -0.508 e. The minimum absolute atomic E-state index is 0.0424. The van der Waals surface area contributed by atoms with E-state index in [-0.39, 0.29) is 54.4 Å². The number of hydrazine groups is 1. The van der Waals surface area contributed by atoms with Crippen molar-refractivity contribution in [2.75, 3.05) is 24.5 Å². The molecular weight excluding hydrogens is 886 g/mol. The maximum atomic E-state index is 14.1. The highest BCUT2D eigenvalue weighted by atomic mass is 35.5. The second-order valence-electron chi connectivity index (χ2n) is 16.3. The summed E-state index contributed by atoms with van der Waals surface area (Å²) in [5.74, 6) is 0.617. The minimum atomic E-state index is -1.31. The van der Waals surface area contributed by atoms with E-state index in [4.69, 9.17) is 65.6 Å². The Hall–Kier alpha value is -4.75. The molecule has 1 saturated heterocycles. The van der Waals surface area contributed by atoms with Gasteiger partial charge in [0.15, 0.2) is 23.4 Å². The number of rotatable bonds is 21. The lowest BCUT2D eigenvalue weighted by atomic mass is 9.86. The third kappa shape index (κ3) is 13.6. The van der Waals surface area contributed by atoms with Crippen molar-refractivity contribution < 1.29 is 28.9 Å². The van der Waals surface area contributed by atoms with E-state index in [9.17, 15) is 14.7 Å². The van der Waals surface area contributed by atoms with Crippen molar-refractivity contribution in [1.29, 1.82) is 0 Å². The van der Waals surface area contributed by atoms with Gasteiger partial charge in [-0.1, -0.05) is 132 Å². The number of hydrogen-bond donors (Lipinski definition) is 3. The summed E-state index contributed by atoms with van der Waals surface area (Å²) in [5, 5.41) is 24.1. The second-order valence-corrected chi connectivity index (χ2v) is 18.0. The average Bonchev–Trinajstić information content (AvgIpc) is 3.53. The molecule has 0 aliphatic carbocycles. The molecule has 1 aliphatic rings. The summed E-state index contributed by atoms with van der Waals surface area (Å²) < 4.78 is 17.1. The van der Waals surface area contributed by atoms with E-state index in [0.29, 0.717) is 40.6 Å². The number of aromatic hydroxyl groups is 1. The molecule has 1 fully saturated rings. The van der Waals surface area contributed by atoms with Crippen LogP contribution in [0.25, 0.3) is 0 Å². The number of hydrogen-bond acceptors (Lipinski definition) is 9. The van der Waals surface area contributed by atoms with Crippen molar-refractivity contribution in [2.45, 2.75) is 116 Å². The molecule has 2 unspecified atom stereocenters. The van der Waals surface area contributed by atoms with Crippen molar-refractivity contribution in [1.82, 2.24) is 5.43 Å². The third-order valence-corrected chi connectivity index (χ3v) is 11.5. The number of methoxy groups -OCH3 is 2. The van der Waals surface area contributed by atoms with E-state index in [1.807, 2.05) is 20.8 Å². The zero-order chi connectivity index (χ0) is 45.7. The number of carbonyl (C=O) groups is 2. The Morgan fingerprint density at radius 1 is 0.825 bits per heavy atom. The third-order valence-electron chi connectivity index (χ3n) is 10.4. The molecule has 0 saturated carbocycles. The van der Waals surface area contributed by atoms with Crippen LogP contribution in [0.5, 0.6) is 23.0 Å². The Kier molecular flexibility index (Phi) is 18.2. The molecule has 16 heteroatoms. The number of aliphatic imine (C=N–C) groups is 1. The van der Waals surface area contributed by atoms with E-state index in [1.54, 1.807) is 54.6 Å². The number of anilines is 2. The monoisotopic (exact) mass is 940 g/mol. The van der Waals surface area contributed by atoms with Gasteiger partial charge in [0.1, 0.15) is 17.2 Å². The first kappa shape index (κ1) is 49.3. The highest BCUT2D eigenvalue weighted by Gasteiger charge is 2.41. The predicted molar refractivity (Wildman–Crippen MR) is 255 cm³/mol. The number of halogens is 4. The quantitative estimate of drug-likeness (QED) is 0.0557. The van der Waals surface area contributed by atoms with Gasteiger partial charge in [0.05, 0.1) is 40.7 Å². The normalized spacial score (nSPS) is 15.2. The number of amidine groups is 1. The largest absolute Gasteiger partial charge is 0.508 e. The first-order valence-corrected chi connectivity index (χ1v) is 22.7. The summed E-state index contributed by atoms with van der Waals surface area (Å²) in [6, 6.07) is 16.4. The molecule has 2 amide bonds. The number of azo groups is 1. The highest BCUT2D eigenvalue weighted by molar-refractivity contribution is 6.43. The van der Waals surface area contributed by atoms with Crippen LogP contribution in [0.3, 0.4) is 0 Å². The zero-order valence-electron chi connectivity index (χ0n) is 36.6. The van der Waals surface area contributed by atoms with Crippen LogP contribution in [0.15, 0.2) is 82.0 Å². The van der Waals surface area contributed by atoms with Gasteiger partial charge in [0.2, 0.25) is 6.04 Å². The van der Waals surface area contributed by atoms with Crippen molar-refractivity contribution in [2.24, 2.45) is 15.2 Å². The van der Waals surface area contributed by atoms with Crippen molar-refractivity contribution in [3.05, 3.63) is 92.4 Å². The number of nitrogens with zero attached hydrogens (tertiary/aromatic N) is 4. The first-order valence-electron chi connectivity index (χ1n) is 21.2. The van der Waals surface area contributed by atoms with Gasteiger partial charge in [-0.15, -0.1) is 0 Å². The molecule has 0 spiro atoms. The lowest BCUT2D eigenvalue weighted by molar-refractivity contribution is -0.123. The predicted octanol–water partition coefficient (Wildman–Crippen LogP) is 13.8. The summed E-state index contributed by atoms with van der Waals surface area (Å²) >= 11 is 26.0. The van der Waals surface area contributed by atoms with E-state index in [0.717, 1.165) is 30.7 Å². The van der Waals surface area contributed by atoms with Crippen LogP contribution in [0.2, 0.25) is 20.1 Å². The highest BCUT2D eigenvalue weighted by Crippen LogP contribution is 2.39. The molecule has 4 aromatic rings. The van der Waals surface area contributed by atoms with Crippen LogP contribution in [0.4, 0.5) is 22.7 Å². The molecule has 63 heavy (non-hydrogen) atoms. The molecule has 0 aromatic heterocycles. The maximum Gasteiger partial charge on any atom is 0.280 e. The Morgan fingerprint density at radius 2 is 1.48 bits per heavy atom. The fourth-order valence-corrected chi connectivity index (χ4v) is 8.17. The number of ether oxygens (including phenoxy) is 3. The topological polar surface area (TPSA) is 146 Å². The van der Waals surface area contributed by atoms with Gasteiger partial charge in [-0.3, -0.25) is 15.0 Å². The molecule has 2 atom stereocenters. The lowest BCUT2D eigenvalue weighted by Gasteiger charge is -2.23. The van der Waals surface area contributed by atoms with E-state index in [1.165, 1.54) is 64.9 Å². The fraction of sp³-hybridized carbons (Fsp3) is 0.426. The van der Waals surface area contributed by atoms with Gasteiger partial charge in [-0.05, 0) is 78.9 Å². The van der Waals surface area contributed by atoms with Gasteiger partial charge < -0.3 is 24.6 Å². The van der Waals surface area contributed by atoms with Crippen LogP contribution in [0, 0.1) is 0 Å². The van der Waals surface area contributed by atoms with E-state index >= 15 is 0 Å². The van der Waals surface area contributed by atoms with Crippen LogP contribution >= 0.6 is 46.4 Å². The van der Waals surface area contributed by atoms with Crippen LogP contribution in [-0.4, -0.2) is 49.1 Å². The number of benzene rings is 4. The molecule has 1 heterocycles. The Bertz CT molecular complexity index is 2260.